The van der Waals surface area contributed by atoms with E-state index in [2.05, 4.69) is 34.9 Å². The van der Waals surface area contributed by atoms with Gasteiger partial charge in [0.2, 0.25) is 17.5 Å². The van der Waals surface area contributed by atoms with E-state index in [4.69, 9.17) is 0 Å². The van der Waals surface area contributed by atoms with Gasteiger partial charge in [0.15, 0.2) is 87.3 Å². The zero-order chi connectivity index (χ0) is 58.4. The van der Waals surface area contributed by atoms with Crippen molar-refractivity contribution in [3.63, 3.8) is 0 Å². The highest BCUT2D eigenvalue weighted by molar-refractivity contribution is 5.85. The normalized spacial score (nSPS) is 14.3. The SMILES string of the molecule is N#C/C(=C1\N=c2ccc(-c3cc(-c4ccc5c(c4C#N)=N/C(=C(/C#N)c4c(F)c(F)c(F)c(F)c4F)N=5)nc(-c4ccc5c(c4C#N)=N/C(=C(/C#N)c4c(F)c(F)c(F)c(F)c4F)N=5)c3)c(C#N)c2=N1)c1c(F)c(F)c(F)c(F)c1F. The van der Waals surface area contributed by atoms with Gasteiger partial charge in [0.05, 0.1) is 60.8 Å². The third-order valence-corrected chi connectivity index (χ3v) is 12.2. The molecule has 0 unspecified atom stereocenters. The maximum Gasteiger partial charge on any atom is 0.200 e. The quantitative estimate of drug-likeness (QED) is 0.0685. The summed E-state index contributed by atoms with van der Waals surface area (Å²) in [6.07, 6.45) is 0. The van der Waals surface area contributed by atoms with Gasteiger partial charge < -0.3 is 0 Å². The summed E-state index contributed by atoms with van der Waals surface area (Å²) < 4.78 is 218. The van der Waals surface area contributed by atoms with Gasteiger partial charge in [0.25, 0.3) is 0 Å². The molecule has 0 fully saturated rings. The van der Waals surface area contributed by atoms with Crippen molar-refractivity contribution in [2.24, 2.45) is 30.0 Å². The van der Waals surface area contributed by atoms with Gasteiger partial charge in [-0.15, -0.1) is 0 Å². The number of hydrogen-bond acceptors (Lipinski definition) is 13. The van der Waals surface area contributed by atoms with Gasteiger partial charge in [-0.05, 0) is 48.0 Å². The molecule has 3 aliphatic rings. The average molecular weight is 1110 g/mol. The van der Waals surface area contributed by atoms with Crippen LogP contribution in [0.1, 0.15) is 33.4 Å². The molecule has 1 aromatic heterocycles. The second kappa shape index (κ2) is 19.4. The zero-order valence-corrected chi connectivity index (χ0v) is 38.6. The van der Waals surface area contributed by atoms with Gasteiger partial charge in [-0.25, -0.2) is 101 Å². The van der Waals surface area contributed by atoms with Crippen molar-refractivity contribution < 1.29 is 65.9 Å². The molecule has 0 saturated heterocycles. The van der Waals surface area contributed by atoms with Crippen LogP contribution >= 0.6 is 0 Å². The third-order valence-electron chi connectivity index (χ3n) is 12.2. The van der Waals surface area contributed by atoms with Crippen LogP contribution in [-0.4, -0.2) is 4.98 Å². The number of nitrogens with zero attached hydrogens (tertiary/aromatic N) is 13. The molecule has 0 bridgehead atoms. The number of halogens is 15. The number of allylic oxidation sites excluding steroid dienone is 3. The lowest BCUT2D eigenvalue weighted by molar-refractivity contribution is 0.376. The molecule has 4 heterocycles. The molecule has 0 radical (unpaired) electrons. The van der Waals surface area contributed by atoms with Crippen LogP contribution in [0.25, 0.3) is 50.4 Å². The molecule has 3 aliphatic heterocycles. The van der Waals surface area contributed by atoms with E-state index in [1.807, 2.05) is 18.2 Å². The van der Waals surface area contributed by atoms with Gasteiger partial charge in [-0.2, -0.15) is 31.6 Å². The first-order chi connectivity index (χ1) is 38.7. The molecule has 0 aliphatic carbocycles. The highest BCUT2D eigenvalue weighted by Crippen LogP contribution is 2.37. The van der Waals surface area contributed by atoms with Crippen molar-refractivity contribution in [1.82, 2.24) is 4.98 Å². The summed E-state index contributed by atoms with van der Waals surface area (Å²) in [5.74, 6) is -39.6. The number of fused-ring (bicyclic) bond motifs is 3. The fraction of sp³-hybridized carbons (Fsp3) is 0. The van der Waals surface area contributed by atoms with E-state index in [1.165, 1.54) is 36.4 Å². The van der Waals surface area contributed by atoms with Gasteiger partial charge in [0, 0.05) is 16.7 Å². The lowest BCUT2D eigenvalue weighted by Gasteiger charge is -2.12. The Hall–Kier alpha value is -11.6. The summed E-state index contributed by atoms with van der Waals surface area (Å²) in [5, 5.41) is 59.5. The lowest BCUT2D eigenvalue weighted by atomic mass is 9.94. The maximum atomic E-state index is 15.0. The van der Waals surface area contributed by atoms with Crippen LogP contribution in [0, 0.1) is 155 Å². The van der Waals surface area contributed by atoms with E-state index in [-0.39, 0.29) is 49.7 Å². The van der Waals surface area contributed by atoms with Crippen LogP contribution < -0.4 is 32.1 Å². The average Bonchev–Trinajstić information content (AvgIpc) is 4.26. The Morgan fingerprint density at radius 3 is 0.815 bits per heavy atom. The van der Waals surface area contributed by atoms with Crippen molar-refractivity contribution in [3.8, 4) is 70.1 Å². The number of pyridine rings is 1. The van der Waals surface area contributed by atoms with E-state index < -0.39 is 171 Å². The van der Waals surface area contributed by atoms with Crippen molar-refractivity contribution in [3.05, 3.63) is 219 Å². The van der Waals surface area contributed by atoms with E-state index >= 15 is 26.3 Å². The monoisotopic (exact) mass is 1110 g/mol. The molecule has 6 aromatic carbocycles. The number of nitriles is 6. The van der Waals surface area contributed by atoms with Crippen molar-refractivity contribution in [1.29, 1.82) is 31.6 Å². The molecule has 0 spiro atoms. The predicted octanol–water partition coefficient (Wildman–Crippen LogP) is 8.22. The van der Waals surface area contributed by atoms with Gasteiger partial charge in [0.1, 0.15) is 69.2 Å². The molecular formula is C53H8F15N13. The summed E-state index contributed by atoms with van der Waals surface area (Å²) in [6.45, 7) is 0. The smallest absolute Gasteiger partial charge is 0.200 e. The summed E-state index contributed by atoms with van der Waals surface area (Å²) in [7, 11) is 0. The lowest BCUT2D eigenvalue weighted by Crippen LogP contribution is -2.26. The van der Waals surface area contributed by atoms with E-state index in [9.17, 15) is 71.1 Å². The Labute approximate surface area is 436 Å². The summed E-state index contributed by atoms with van der Waals surface area (Å²) in [5.41, 5.74) is -12.0. The number of aromatic nitrogens is 1. The largest absolute Gasteiger partial charge is 0.248 e. The van der Waals surface area contributed by atoms with E-state index in [0.29, 0.717) is 0 Å². The van der Waals surface area contributed by atoms with Crippen LogP contribution in [0.5, 0.6) is 0 Å². The molecular weight excluding hydrogens is 1100 g/mol. The third kappa shape index (κ3) is 7.89. The molecule has 0 atom stereocenters. The Bertz CT molecular complexity index is 4430. The minimum Gasteiger partial charge on any atom is -0.248 e. The van der Waals surface area contributed by atoms with Crippen LogP contribution in [0.4, 0.5) is 65.9 Å². The first-order valence-corrected chi connectivity index (χ1v) is 21.7. The Morgan fingerprint density at radius 1 is 0.309 bits per heavy atom. The minimum absolute atomic E-state index is 0.142. The van der Waals surface area contributed by atoms with Crippen LogP contribution in [0.3, 0.4) is 0 Å². The fourth-order valence-electron chi connectivity index (χ4n) is 8.52. The molecule has 10 rings (SSSR count). The molecule has 390 valence electrons. The fourth-order valence-corrected chi connectivity index (χ4v) is 8.52. The van der Waals surface area contributed by atoms with Crippen LogP contribution in [-0.2, 0) is 0 Å². The summed E-state index contributed by atoms with van der Waals surface area (Å²) in [6, 6.07) is 18.5. The van der Waals surface area contributed by atoms with Crippen molar-refractivity contribution in [2.75, 3.05) is 0 Å². The summed E-state index contributed by atoms with van der Waals surface area (Å²) >= 11 is 0. The molecule has 13 nitrogen and oxygen atoms in total. The number of rotatable bonds is 6. The van der Waals surface area contributed by atoms with Gasteiger partial charge in [-0.1, -0.05) is 6.07 Å². The molecule has 0 N–H and O–H groups in total. The van der Waals surface area contributed by atoms with E-state index in [0.717, 1.165) is 30.3 Å². The van der Waals surface area contributed by atoms with Crippen molar-refractivity contribution >= 4 is 16.7 Å². The molecule has 0 amide bonds. The first kappa shape index (κ1) is 52.8. The highest BCUT2D eigenvalue weighted by Gasteiger charge is 2.34. The topological polar surface area (TPSA) is 230 Å². The van der Waals surface area contributed by atoms with Gasteiger partial charge in [-0.3, -0.25) is 0 Å². The van der Waals surface area contributed by atoms with Crippen LogP contribution in [0.15, 0.2) is 95.9 Å². The first-order valence-electron chi connectivity index (χ1n) is 21.7. The van der Waals surface area contributed by atoms with E-state index in [1.54, 1.807) is 0 Å². The Morgan fingerprint density at radius 2 is 0.556 bits per heavy atom. The number of hydrogen-bond donors (Lipinski definition) is 0. The molecule has 81 heavy (non-hydrogen) atoms. The van der Waals surface area contributed by atoms with Gasteiger partial charge >= 0.3 is 0 Å². The van der Waals surface area contributed by atoms with Crippen LogP contribution in [0.2, 0.25) is 0 Å². The standard InChI is InChI=1S/C53H8F15N13/c54-33-30(34(55)40(61)45(66)39(33)60)22(12-72)51-76-25-4-1-16(19(9-69)48(25)79-51)15-7-28(17-2-5-26-49(20(17)10-70)80-52(77-26)23(13-73)31-35(56)41(62)46(67)42(63)36(31)57)75-29(8-15)18-3-6-27-50(21(18)11-71)81-53(78-27)24(14-74)32-37(58)43(64)47(68)44(65)38(32)59/h1-8H/b51-22-,52-23-,53-24-. The molecule has 28 heteroatoms. The Kier molecular flexibility index (Phi) is 12.7. The minimum atomic E-state index is -2.55. The zero-order valence-electron chi connectivity index (χ0n) is 38.6. The number of benzene rings is 6. The second-order valence-corrected chi connectivity index (χ2v) is 16.5. The Balaban J connectivity index is 1.23. The molecule has 0 saturated carbocycles. The maximum absolute atomic E-state index is 15.0. The van der Waals surface area contributed by atoms with Crippen molar-refractivity contribution in [2.45, 2.75) is 0 Å². The predicted molar refractivity (Wildman–Crippen MR) is 238 cm³/mol. The molecule has 7 aromatic rings. The highest BCUT2D eigenvalue weighted by atomic mass is 19.2. The summed E-state index contributed by atoms with van der Waals surface area (Å²) in [4.78, 5) is 28.7. The second-order valence-electron chi connectivity index (χ2n) is 16.5.